The Balaban J connectivity index is 2.22. The normalized spacial score (nSPS) is 10.4. The molecule has 1 aromatic heterocycles. The van der Waals surface area contributed by atoms with E-state index in [2.05, 4.69) is 4.98 Å². The van der Waals surface area contributed by atoms with Crippen molar-refractivity contribution in [2.45, 2.75) is 17.0 Å². The van der Waals surface area contributed by atoms with Crippen molar-refractivity contribution >= 4 is 17.4 Å². The number of oxazole rings is 1. The molecule has 14 heavy (non-hydrogen) atoms. The van der Waals surface area contributed by atoms with Gasteiger partial charge in [-0.15, -0.1) is 0 Å². The Hall–Kier alpha value is -1.42. The smallest absolute Gasteiger partial charge is 0.260 e. The monoisotopic (exact) mass is 206 g/mol. The zero-order valence-electron chi connectivity index (χ0n) is 7.73. The number of nitrogens with two attached hydrogens (primary N) is 1. The lowest BCUT2D eigenvalue weighted by Crippen LogP contribution is -1.88. The highest BCUT2D eigenvalue weighted by Gasteiger charge is 2.02. The fraction of sp³-hybridized carbons (Fsp3) is 0.100. The molecule has 2 rings (SSSR count). The highest BCUT2D eigenvalue weighted by Crippen LogP contribution is 2.28. The van der Waals surface area contributed by atoms with Gasteiger partial charge in [0.1, 0.15) is 6.26 Å². The molecule has 0 radical (unpaired) electrons. The van der Waals surface area contributed by atoms with Crippen molar-refractivity contribution in [1.29, 1.82) is 0 Å². The van der Waals surface area contributed by atoms with E-state index in [9.17, 15) is 0 Å². The van der Waals surface area contributed by atoms with E-state index < -0.39 is 0 Å². The van der Waals surface area contributed by atoms with E-state index in [4.69, 9.17) is 10.2 Å². The molecule has 0 aliphatic rings. The molecule has 0 fully saturated rings. The largest absolute Gasteiger partial charge is 0.440 e. The number of aryl methyl sites for hydroxylation is 1. The van der Waals surface area contributed by atoms with Crippen molar-refractivity contribution in [3.8, 4) is 0 Å². The van der Waals surface area contributed by atoms with Crippen molar-refractivity contribution in [3.63, 3.8) is 0 Å². The lowest BCUT2D eigenvalue weighted by atomic mass is 10.2. The van der Waals surface area contributed by atoms with Crippen LogP contribution in [-0.2, 0) is 0 Å². The maximum Gasteiger partial charge on any atom is 0.260 e. The van der Waals surface area contributed by atoms with Crippen LogP contribution in [0.4, 0.5) is 5.69 Å². The first kappa shape index (κ1) is 9.15. The predicted octanol–water partition coefficient (Wildman–Crippen LogP) is 2.72. The van der Waals surface area contributed by atoms with Gasteiger partial charge in [0, 0.05) is 10.6 Å². The first-order chi connectivity index (χ1) is 6.75. The Kier molecular flexibility index (Phi) is 2.45. The number of aromatic nitrogens is 1. The molecule has 72 valence electrons. The molecule has 0 amide bonds. The van der Waals surface area contributed by atoms with Gasteiger partial charge in [-0.05, 0) is 42.4 Å². The number of benzene rings is 1. The molecule has 4 heteroatoms. The van der Waals surface area contributed by atoms with E-state index in [1.165, 1.54) is 11.8 Å². The summed E-state index contributed by atoms with van der Waals surface area (Å²) in [5.41, 5.74) is 7.59. The molecule has 3 nitrogen and oxygen atoms in total. The molecule has 0 saturated heterocycles. The van der Waals surface area contributed by atoms with E-state index >= 15 is 0 Å². The highest BCUT2D eigenvalue weighted by atomic mass is 32.2. The molecule has 0 spiro atoms. The lowest BCUT2D eigenvalue weighted by molar-refractivity contribution is 0.454. The van der Waals surface area contributed by atoms with E-state index in [1.54, 1.807) is 12.5 Å². The third kappa shape index (κ3) is 1.90. The van der Waals surface area contributed by atoms with Crippen molar-refractivity contribution in [3.05, 3.63) is 36.2 Å². The molecule has 0 saturated carbocycles. The summed E-state index contributed by atoms with van der Waals surface area (Å²) in [5, 5.41) is 0.647. The van der Waals surface area contributed by atoms with Crippen LogP contribution in [0.3, 0.4) is 0 Å². The first-order valence-electron chi connectivity index (χ1n) is 4.19. The van der Waals surface area contributed by atoms with E-state index in [-0.39, 0.29) is 0 Å². The second kappa shape index (κ2) is 3.75. The van der Waals surface area contributed by atoms with Gasteiger partial charge in [0.25, 0.3) is 5.22 Å². The second-order valence-corrected chi connectivity index (χ2v) is 3.94. The van der Waals surface area contributed by atoms with Crippen LogP contribution in [-0.4, -0.2) is 4.98 Å². The number of hydrogen-bond acceptors (Lipinski definition) is 4. The number of rotatable bonds is 2. The number of hydrogen-bond donors (Lipinski definition) is 1. The zero-order chi connectivity index (χ0) is 9.97. The van der Waals surface area contributed by atoms with Gasteiger partial charge in [0.05, 0.1) is 6.20 Å². The zero-order valence-corrected chi connectivity index (χ0v) is 8.54. The maximum atomic E-state index is 5.71. The average molecular weight is 206 g/mol. The molecule has 1 heterocycles. The Morgan fingerprint density at radius 2 is 2.29 bits per heavy atom. The molecule has 2 N–H and O–H groups in total. The fourth-order valence-electron chi connectivity index (χ4n) is 1.07. The summed E-state index contributed by atoms with van der Waals surface area (Å²) in [7, 11) is 0. The van der Waals surface area contributed by atoms with E-state index in [0.29, 0.717) is 5.22 Å². The van der Waals surface area contributed by atoms with Gasteiger partial charge >= 0.3 is 0 Å². The third-order valence-corrected chi connectivity index (χ3v) is 2.72. The lowest BCUT2D eigenvalue weighted by Gasteiger charge is -2.01. The van der Waals surface area contributed by atoms with Crippen molar-refractivity contribution < 1.29 is 4.42 Å². The number of nitrogens with zero attached hydrogens (tertiary/aromatic N) is 1. The fourth-order valence-corrected chi connectivity index (χ4v) is 1.86. The predicted molar refractivity (Wildman–Crippen MR) is 56.2 cm³/mol. The molecule has 0 unspecified atom stereocenters. The molecule has 0 bridgehead atoms. The summed E-state index contributed by atoms with van der Waals surface area (Å²) < 4.78 is 5.13. The van der Waals surface area contributed by atoms with Crippen LogP contribution in [0, 0.1) is 6.92 Å². The molecule has 0 aliphatic carbocycles. The summed E-state index contributed by atoms with van der Waals surface area (Å²) in [6.45, 7) is 1.98. The Labute approximate surface area is 86.3 Å². The van der Waals surface area contributed by atoms with Crippen LogP contribution in [0.2, 0.25) is 0 Å². The van der Waals surface area contributed by atoms with Crippen LogP contribution >= 0.6 is 11.8 Å². The van der Waals surface area contributed by atoms with Gasteiger partial charge in [-0.2, -0.15) is 0 Å². The summed E-state index contributed by atoms with van der Waals surface area (Å²) in [4.78, 5) is 5.11. The van der Waals surface area contributed by atoms with Gasteiger partial charge in [0.2, 0.25) is 0 Å². The van der Waals surface area contributed by atoms with E-state index in [1.807, 2.05) is 25.1 Å². The minimum Gasteiger partial charge on any atom is -0.440 e. The second-order valence-electron chi connectivity index (χ2n) is 2.92. The topological polar surface area (TPSA) is 52.0 Å². The molecule has 1 aromatic carbocycles. The number of nitrogen functional groups attached to an aromatic ring is 1. The van der Waals surface area contributed by atoms with Gasteiger partial charge < -0.3 is 10.2 Å². The van der Waals surface area contributed by atoms with Gasteiger partial charge in [-0.25, -0.2) is 4.98 Å². The first-order valence-corrected chi connectivity index (χ1v) is 5.01. The molecular formula is C10H10N2OS. The van der Waals surface area contributed by atoms with E-state index in [0.717, 1.165) is 16.1 Å². The van der Waals surface area contributed by atoms with Crippen LogP contribution in [0.5, 0.6) is 0 Å². The Bertz CT molecular complexity index is 426. The molecule has 0 atom stereocenters. The van der Waals surface area contributed by atoms with Crippen molar-refractivity contribution in [1.82, 2.24) is 4.98 Å². The van der Waals surface area contributed by atoms with Crippen LogP contribution < -0.4 is 5.73 Å². The Morgan fingerprint density at radius 3 is 2.93 bits per heavy atom. The summed E-state index contributed by atoms with van der Waals surface area (Å²) >= 11 is 1.48. The average Bonchev–Trinajstić information content (AvgIpc) is 2.64. The van der Waals surface area contributed by atoms with Gasteiger partial charge in [0.15, 0.2) is 0 Å². The van der Waals surface area contributed by atoms with Gasteiger partial charge in [-0.1, -0.05) is 0 Å². The Morgan fingerprint density at radius 1 is 1.43 bits per heavy atom. The maximum absolute atomic E-state index is 5.71. The van der Waals surface area contributed by atoms with Crippen LogP contribution in [0.15, 0.2) is 45.2 Å². The quantitative estimate of drug-likeness (QED) is 0.767. The number of anilines is 1. The molecular weight excluding hydrogens is 196 g/mol. The minimum atomic E-state index is 0.647. The minimum absolute atomic E-state index is 0.647. The summed E-state index contributed by atoms with van der Waals surface area (Å²) in [5.74, 6) is 0. The van der Waals surface area contributed by atoms with Crippen molar-refractivity contribution in [2.24, 2.45) is 0 Å². The summed E-state index contributed by atoms with van der Waals surface area (Å²) in [6, 6.07) is 5.86. The van der Waals surface area contributed by atoms with Crippen LogP contribution in [0.25, 0.3) is 0 Å². The standard InChI is InChI=1S/C10H10N2OS/c1-7-6-8(2-3-9(7)11)14-10-12-4-5-13-10/h2-6H,11H2,1H3. The van der Waals surface area contributed by atoms with Gasteiger partial charge in [-0.3, -0.25) is 0 Å². The molecule has 0 aliphatic heterocycles. The summed E-state index contributed by atoms with van der Waals surface area (Å²) in [6.07, 6.45) is 3.19. The SMILES string of the molecule is Cc1cc(Sc2ncco2)ccc1N. The highest BCUT2D eigenvalue weighted by molar-refractivity contribution is 7.99. The van der Waals surface area contributed by atoms with Crippen molar-refractivity contribution in [2.75, 3.05) is 5.73 Å². The molecule has 2 aromatic rings. The van der Waals surface area contributed by atoms with Crippen LogP contribution in [0.1, 0.15) is 5.56 Å². The third-order valence-electron chi connectivity index (χ3n) is 1.86.